The molecule has 2 atom stereocenters. The zero-order chi connectivity index (χ0) is 25.0. The van der Waals surface area contributed by atoms with E-state index in [9.17, 15) is 13.2 Å². The third kappa shape index (κ3) is 5.26. The summed E-state index contributed by atoms with van der Waals surface area (Å²) in [5.74, 6) is 1.14. The van der Waals surface area contributed by atoms with Crippen LogP contribution in [0.1, 0.15) is 48.9 Å². The van der Waals surface area contributed by atoms with Crippen molar-refractivity contribution in [3.8, 4) is 17.2 Å². The van der Waals surface area contributed by atoms with Crippen molar-refractivity contribution in [2.75, 3.05) is 34.4 Å². The number of methoxy groups -OCH3 is 2. The molecule has 1 heterocycles. The van der Waals surface area contributed by atoms with Crippen molar-refractivity contribution in [1.29, 1.82) is 0 Å². The molecule has 0 radical (unpaired) electrons. The van der Waals surface area contributed by atoms with Gasteiger partial charge in [0.1, 0.15) is 28.2 Å². The SMILES string of the molecule is COc1ccc(OC)c(S(=O)(=O)N2CCCCN(C)C(=O)c3ccccc3O[C@H]3CCCC[C@H]32)c1. The summed E-state index contributed by atoms with van der Waals surface area (Å²) in [5, 5.41) is 0. The number of para-hydroxylation sites is 1. The molecule has 0 saturated heterocycles. The molecule has 0 bridgehead atoms. The number of fused-ring (bicyclic) bond motifs is 2. The van der Waals surface area contributed by atoms with Crippen molar-refractivity contribution in [3.63, 3.8) is 0 Å². The first-order valence-corrected chi connectivity index (χ1v) is 13.6. The lowest BCUT2D eigenvalue weighted by atomic mass is 9.92. The van der Waals surface area contributed by atoms with Gasteiger partial charge in [-0.05, 0) is 56.4 Å². The lowest BCUT2D eigenvalue weighted by molar-refractivity contribution is 0.0657. The maximum Gasteiger partial charge on any atom is 0.257 e. The second kappa shape index (κ2) is 10.9. The molecule has 1 amide bonds. The van der Waals surface area contributed by atoms with E-state index in [0.29, 0.717) is 55.8 Å². The van der Waals surface area contributed by atoms with Crippen LogP contribution >= 0.6 is 0 Å². The molecule has 2 aliphatic rings. The minimum atomic E-state index is -3.93. The highest BCUT2D eigenvalue weighted by Gasteiger charge is 2.40. The molecule has 35 heavy (non-hydrogen) atoms. The van der Waals surface area contributed by atoms with Crippen LogP contribution in [0.5, 0.6) is 17.2 Å². The Hall–Kier alpha value is -2.78. The lowest BCUT2D eigenvalue weighted by Crippen LogP contribution is -2.51. The van der Waals surface area contributed by atoms with Gasteiger partial charge in [0.2, 0.25) is 10.0 Å². The predicted octanol–water partition coefficient (Wildman–Crippen LogP) is 3.95. The molecule has 9 heteroatoms. The highest BCUT2D eigenvalue weighted by atomic mass is 32.2. The van der Waals surface area contributed by atoms with Crippen LogP contribution in [0.3, 0.4) is 0 Å². The first kappa shape index (κ1) is 25.3. The number of hydrogen-bond acceptors (Lipinski definition) is 6. The van der Waals surface area contributed by atoms with Crippen LogP contribution in [-0.4, -0.2) is 70.0 Å². The number of benzene rings is 2. The highest BCUT2D eigenvalue weighted by Crippen LogP contribution is 2.36. The number of sulfonamides is 1. The first-order chi connectivity index (χ1) is 16.9. The monoisotopic (exact) mass is 502 g/mol. The maximum absolute atomic E-state index is 14.1. The number of rotatable bonds is 4. The zero-order valence-corrected chi connectivity index (χ0v) is 21.4. The van der Waals surface area contributed by atoms with Crippen LogP contribution in [0.15, 0.2) is 47.4 Å². The number of ether oxygens (including phenoxy) is 3. The lowest BCUT2D eigenvalue weighted by Gasteiger charge is -2.40. The Labute approximate surface area is 207 Å². The van der Waals surface area contributed by atoms with Crippen LogP contribution < -0.4 is 14.2 Å². The van der Waals surface area contributed by atoms with Crippen LogP contribution in [0, 0.1) is 0 Å². The number of hydrogen-bond donors (Lipinski definition) is 0. The Morgan fingerprint density at radius 2 is 1.69 bits per heavy atom. The highest BCUT2D eigenvalue weighted by molar-refractivity contribution is 7.89. The first-order valence-electron chi connectivity index (χ1n) is 12.1. The Kier molecular flexibility index (Phi) is 7.86. The molecular formula is C26H34N2O6S. The third-order valence-corrected chi connectivity index (χ3v) is 8.81. The molecule has 0 aromatic heterocycles. The van der Waals surface area contributed by atoms with E-state index in [4.69, 9.17) is 14.2 Å². The number of nitrogens with zero attached hydrogens (tertiary/aromatic N) is 2. The molecule has 0 unspecified atom stereocenters. The van der Waals surface area contributed by atoms with E-state index in [1.807, 2.05) is 12.1 Å². The van der Waals surface area contributed by atoms with Gasteiger partial charge in [0.25, 0.3) is 5.91 Å². The van der Waals surface area contributed by atoms with E-state index in [1.54, 1.807) is 40.5 Å². The molecule has 2 aromatic rings. The fourth-order valence-electron chi connectivity index (χ4n) is 4.95. The van der Waals surface area contributed by atoms with Crippen molar-refractivity contribution in [3.05, 3.63) is 48.0 Å². The van der Waals surface area contributed by atoms with Crippen LogP contribution in [0.2, 0.25) is 0 Å². The summed E-state index contributed by atoms with van der Waals surface area (Å²) in [6.45, 7) is 0.856. The van der Waals surface area contributed by atoms with Crippen molar-refractivity contribution in [2.24, 2.45) is 0 Å². The van der Waals surface area contributed by atoms with Crippen molar-refractivity contribution in [1.82, 2.24) is 9.21 Å². The fraction of sp³-hybridized carbons (Fsp3) is 0.500. The van der Waals surface area contributed by atoms with Gasteiger partial charge in [-0.2, -0.15) is 4.31 Å². The molecule has 1 saturated carbocycles. The Morgan fingerprint density at radius 3 is 2.46 bits per heavy atom. The summed E-state index contributed by atoms with van der Waals surface area (Å²) in [6.07, 6.45) is 4.19. The Balaban J connectivity index is 1.78. The second-order valence-electron chi connectivity index (χ2n) is 9.07. The zero-order valence-electron chi connectivity index (χ0n) is 20.6. The smallest absolute Gasteiger partial charge is 0.257 e. The normalized spacial score (nSPS) is 22.1. The minimum absolute atomic E-state index is 0.0841. The average molecular weight is 503 g/mol. The summed E-state index contributed by atoms with van der Waals surface area (Å²) in [4.78, 5) is 14.8. The summed E-state index contributed by atoms with van der Waals surface area (Å²) in [5.41, 5.74) is 0.503. The van der Waals surface area contributed by atoms with E-state index < -0.39 is 10.0 Å². The van der Waals surface area contributed by atoms with E-state index in [1.165, 1.54) is 20.3 Å². The Bertz CT molecular complexity index is 1150. The number of amides is 1. The van der Waals surface area contributed by atoms with E-state index >= 15 is 0 Å². The van der Waals surface area contributed by atoms with Crippen LogP contribution in [0.25, 0.3) is 0 Å². The third-order valence-electron chi connectivity index (χ3n) is 6.86. The van der Waals surface area contributed by atoms with Gasteiger partial charge >= 0.3 is 0 Å². The maximum atomic E-state index is 14.1. The van der Waals surface area contributed by atoms with Crippen LogP contribution in [0.4, 0.5) is 0 Å². The van der Waals surface area contributed by atoms with Gasteiger partial charge < -0.3 is 19.1 Å². The molecule has 1 aliphatic heterocycles. The van der Waals surface area contributed by atoms with Gasteiger partial charge in [-0.15, -0.1) is 0 Å². The van der Waals surface area contributed by atoms with E-state index in [2.05, 4.69) is 0 Å². The van der Waals surface area contributed by atoms with Crippen LogP contribution in [-0.2, 0) is 10.0 Å². The van der Waals surface area contributed by atoms with Gasteiger partial charge in [0.15, 0.2) is 0 Å². The largest absolute Gasteiger partial charge is 0.497 e. The minimum Gasteiger partial charge on any atom is -0.497 e. The van der Waals surface area contributed by atoms with E-state index in [0.717, 1.165) is 12.8 Å². The summed E-state index contributed by atoms with van der Waals surface area (Å²) >= 11 is 0. The number of carbonyl (C=O) groups excluding carboxylic acids is 1. The molecule has 1 fully saturated rings. The fourth-order valence-corrected chi connectivity index (χ4v) is 6.84. The van der Waals surface area contributed by atoms with Gasteiger partial charge in [-0.3, -0.25) is 4.79 Å². The van der Waals surface area contributed by atoms with Gasteiger partial charge in [-0.25, -0.2) is 8.42 Å². The Morgan fingerprint density at radius 1 is 0.943 bits per heavy atom. The average Bonchev–Trinajstić information content (AvgIpc) is 2.88. The summed E-state index contributed by atoms with van der Waals surface area (Å²) in [6, 6.07) is 11.7. The molecular weight excluding hydrogens is 468 g/mol. The summed E-state index contributed by atoms with van der Waals surface area (Å²) < 4.78 is 47.1. The van der Waals surface area contributed by atoms with Crippen molar-refractivity contribution in [2.45, 2.75) is 55.6 Å². The quantitative estimate of drug-likeness (QED) is 0.629. The molecule has 4 rings (SSSR count). The van der Waals surface area contributed by atoms with Gasteiger partial charge in [0, 0.05) is 26.2 Å². The van der Waals surface area contributed by atoms with Crippen molar-refractivity contribution < 1.29 is 27.4 Å². The van der Waals surface area contributed by atoms with Gasteiger partial charge in [-0.1, -0.05) is 18.6 Å². The standard InChI is InChI=1S/C26H34N2O6S/c1-27-16-8-9-17-28(35(30,31)25-18-19(32-2)14-15-24(25)33-3)21-11-5-7-13-23(21)34-22-12-6-4-10-20(22)26(27)29/h4,6,10,12,14-15,18,21,23H,5,7-9,11,13,16-17H2,1-3H3/t21-,23+/m1/s1. The van der Waals surface area contributed by atoms with E-state index in [-0.39, 0.29) is 28.7 Å². The van der Waals surface area contributed by atoms with Gasteiger partial charge in [0.05, 0.1) is 25.8 Å². The topological polar surface area (TPSA) is 85.4 Å². The molecule has 8 nitrogen and oxygen atoms in total. The predicted molar refractivity (Wildman–Crippen MR) is 133 cm³/mol. The molecule has 2 aromatic carbocycles. The van der Waals surface area contributed by atoms with Crippen molar-refractivity contribution >= 4 is 15.9 Å². The number of carbonyl (C=O) groups is 1. The summed E-state index contributed by atoms with van der Waals surface area (Å²) in [7, 11) is 0.812. The molecule has 190 valence electrons. The molecule has 1 aliphatic carbocycles. The molecule has 0 N–H and O–H groups in total. The second-order valence-corrected chi connectivity index (χ2v) is 10.9. The molecule has 0 spiro atoms.